The maximum Gasteiger partial charge on any atom is 0.255 e. The van der Waals surface area contributed by atoms with Crippen molar-refractivity contribution in [1.29, 1.82) is 0 Å². The zero-order valence-electron chi connectivity index (χ0n) is 16.3. The molecule has 5 nitrogen and oxygen atoms in total. The summed E-state index contributed by atoms with van der Waals surface area (Å²) in [7, 11) is 0. The predicted octanol–water partition coefficient (Wildman–Crippen LogP) is 4.13. The molecule has 150 valence electrons. The summed E-state index contributed by atoms with van der Waals surface area (Å²) < 4.78 is 14.2. The van der Waals surface area contributed by atoms with Crippen molar-refractivity contribution in [3.8, 4) is 11.3 Å². The van der Waals surface area contributed by atoms with Crippen LogP contribution in [0.3, 0.4) is 0 Å². The Morgan fingerprint density at radius 1 is 1.11 bits per heavy atom. The third kappa shape index (κ3) is 4.27. The summed E-state index contributed by atoms with van der Waals surface area (Å²) in [5.41, 5.74) is 1.21. The molecular formula is C22H29FN4O. The first-order valence-corrected chi connectivity index (χ1v) is 10.6. The van der Waals surface area contributed by atoms with Crippen LogP contribution in [0.2, 0.25) is 0 Å². The number of nitrogens with one attached hydrogen (secondary N) is 2. The molecule has 2 heterocycles. The predicted molar refractivity (Wildman–Crippen MR) is 108 cm³/mol. The minimum absolute atomic E-state index is 0.132. The second-order valence-electron chi connectivity index (χ2n) is 8.09. The number of hydrogen-bond acceptors (Lipinski definition) is 3. The van der Waals surface area contributed by atoms with E-state index < -0.39 is 0 Å². The normalized spacial score (nSPS) is 22.0. The molecule has 0 spiro atoms. The van der Waals surface area contributed by atoms with E-state index in [1.165, 1.54) is 50.8 Å². The Bertz CT molecular complexity index is 797. The minimum Gasteiger partial charge on any atom is -0.348 e. The fourth-order valence-corrected chi connectivity index (χ4v) is 4.67. The Morgan fingerprint density at radius 3 is 2.68 bits per heavy atom. The average molecular weight is 384 g/mol. The van der Waals surface area contributed by atoms with Crippen LogP contribution in [0, 0.1) is 5.82 Å². The lowest BCUT2D eigenvalue weighted by molar-refractivity contribution is 0.0861. The van der Waals surface area contributed by atoms with Crippen molar-refractivity contribution in [2.24, 2.45) is 0 Å². The first-order valence-electron chi connectivity index (χ1n) is 10.6. The fourth-order valence-electron chi connectivity index (χ4n) is 4.67. The van der Waals surface area contributed by atoms with Crippen molar-refractivity contribution in [2.75, 3.05) is 13.1 Å². The standard InChI is InChI=1S/C22H29FN4O/c23-20-12-6-5-11-18(20)21-19(14-24-26-21)22(28)25-16-8-7-13-27(15-16)17-9-3-1-2-4-10-17/h5-6,11-12,14,16-17H,1-4,7-10,13,15H2,(H,24,26)(H,25,28)/t16-/m0/s1. The number of likely N-dealkylation sites (tertiary alicyclic amines) is 1. The number of benzene rings is 1. The van der Waals surface area contributed by atoms with E-state index in [-0.39, 0.29) is 17.8 Å². The lowest BCUT2D eigenvalue weighted by atomic mass is 9.99. The highest BCUT2D eigenvalue weighted by molar-refractivity contribution is 5.99. The molecule has 2 N–H and O–H groups in total. The third-order valence-electron chi connectivity index (χ3n) is 6.16. The van der Waals surface area contributed by atoms with Gasteiger partial charge in [-0.1, -0.05) is 37.8 Å². The number of H-pyrrole nitrogens is 1. The van der Waals surface area contributed by atoms with E-state index >= 15 is 0 Å². The highest BCUT2D eigenvalue weighted by Crippen LogP contribution is 2.26. The Kier molecular flexibility index (Phi) is 6.05. The van der Waals surface area contributed by atoms with Crippen molar-refractivity contribution in [2.45, 2.75) is 63.5 Å². The Labute approximate surface area is 165 Å². The summed E-state index contributed by atoms with van der Waals surface area (Å²) >= 11 is 0. The molecule has 1 saturated heterocycles. The largest absolute Gasteiger partial charge is 0.348 e. The molecule has 1 saturated carbocycles. The van der Waals surface area contributed by atoms with Gasteiger partial charge in [-0.05, 0) is 44.4 Å². The van der Waals surface area contributed by atoms with E-state index in [1.54, 1.807) is 18.2 Å². The van der Waals surface area contributed by atoms with Gasteiger partial charge < -0.3 is 5.32 Å². The zero-order chi connectivity index (χ0) is 19.3. The second-order valence-corrected chi connectivity index (χ2v) is 8.09. The van der Waals surface area contributed by atoms with E-state index in [0.29, 0.717) is 22.9 Å². The molecule has 1 atom stereocenters. The van der Waals surface area contributed by atoms with Gasteiger partial charge in [0.1, 0.15) is 5.82 Å². The fraction of sp³-hybridized carbons (Fsp3) is 0.545. The van der Waals surface area contributed by atoms with Gasteiger partial charge in [0.15, 0.2) is 0 Å². The molecule has 1 aliphatic carbocycles. The van der Waals surface area contributed by atoms with Crippen LogP contribution in [0.25, 0.3) is 11.3 Å². The average Bonchev–Trinajstić information content (AvgIpc) is 3.03. The summed E-state index contributed by atoms with van der Waals surface area (Å²) in [6, 6.07) is 7.24. The van der Waals surface area contributed by atoms with Gasteiger partial charge in [0, 0.05) is 24.2 Å². The zero-order valence-corrected chi connectivity index (χ0v) is 16.3. The Morgan fingerprint density at radius 2 is 1.89 bits per heavy atom. The van der Waals surface area contributed by atoms with E-state index in [1.807, 2.05) is 0 Å². The van der Waals surface area contributed by atoms with E-state index in [0.717, 1.165) is 25.9 Å². The maximum absolute atomic E-state index is 14.2. The quantitative estimate of drug-likeness (QED) is 0.779. The van der Waals surface area contributed by atoms with Crippen molar-refractivity contribution >= 4 is 5.91 Å². The van der Waals surface area contributed by atoms with Gasteiger partial charge in [0.25, 0.3) is 5.91 Å². The number of nitrogens with zero attached hydrogens (tertiary/aromatic N) is 2. The van der Waals surface area contributed by atoms with Crippen LogP contribution in [0.5, 0.6) is 0 Å². The number of aromatic nitrogens is 2. The first-order chi connectivity index (χ1) is 13.7. The van der Waals surface area contributed by atoms with Crippen LogP contribution in [0.1, 0.15) is 61.7 Å². The molecule has 0 unspecified atom stereocenters. The topological polar surface area (TPSA) is 61.0 Å². The summed E-state index contributed by atoms with van der Waals surface area (Å²) in [4.78, 5) is 15.5. The van der Waals surface area contributed by atoms with Gasteiger partial charge in [0.2, 0.25) is 0 Å². The lowest BCUT2D eigenvalue weighted by Crippen LogP contribution is -2.50. The van der Waals surface area contributed by atoms with Gasteiger partial charge in [-0.25, -0.2) is 4.39 Å². The van der Waals surface area contributed by atoms with Crippen LogP contribution in [0.15, 0.2) is 30.5 Å². The van der Waals surface area contributed by atoms with Gasteiger partial charge in [0.05, 0.1) is 17.5 Å². The SMILES string of the molecule is O=C(N[C@H]1CCCN(C2CCCCCC2)C1)c1cn[nH]c1-c1ccccc1F. The third-order valence-corrected chi connectivity index (χ3v) is 6.16. The van der Waals surface area contributed by atoms with Crippen molar-refractivity contribution in [3.63, 3.8) is 0 Å². The number of piperidine rings is 1. The van der Waals surface area contributed by atoms with E-state index in [2.05, 4.69) is 20.4 Å². The molecule has 1 aromatic heterocycles. The number of hydrogen-bond donors (Lipinski definition) is 2. The smallest absolute Gasteiger partial charge is 0.255 e. The molecule has 1 aromatic carbocycles. The van der Waals surface area contributed by atoms with Crippen LogP contribution in [-0.4, -0.2) is 46.2 Å². The molecule has 2 fully saturated rings. The highest BCUT2D eigenvalue weighted by Gasteiger charge is 2.28. The van der Waals surface area contributed by atoms with Crippen LogP contribution in [-0.2, 0) is 0 Å². The molecule has 0 radical (unpaired) electrons. The number of carbonyl (C=O) groups excluding carboxylic acids is 1. The van der Waals surface area contributed by atoms with Crippen LogP contribution < -0.4 is 5.32 Å². The van der Waals surface area contributed by atoms with Crippen LogP contribution in [0.4, 0.5) is 4.39 Å². The summed E-state index contributed by atoms with van der Waals surface area (Å²) in [5, 5.41) is 9.95. The number of amides is 1. The lowest BCUT2D eigenvalue weighted by Gasteiger charge is -2.38. The Hall–Kier alpha value is -2.21. The molecule has 2 aromatic rings. The van der Waals surface area contributed by atoms with Gasteiger partial charge >= 0.3 is 0 Å². The minimum atomic E-state index is -0.363. The Balaban J connectivity index is 1.43. The molecule has 4 rings (SSSR count). The molecule has 6 heteroatoms. The number of aromatic amines is 1. The maximum atomic E-state index is 14.2. The van der Waals surface area contributed by atoms with Crippen molar-refractivity contribution in [1.82, 2.24) is 20.4 Å². The molecule has 2 aliphatic rings. The summed E-state index contributed by atoms with van der Waals surface area (Å²) in [6.45, 7) is 2.03. The molecular weight excluding hydrogens is 355 g/mol. The van der Waals surface area contributed by atoms with Crippen molar-refractivity contribution < 1.29 is 9.18 Å². The molecule has 28 heavy (non-hydrogen) atoms. The second kappa shape index (κ2) is 8.86. The van der Waals surface area contributed by atoms with E-state index in [9.17, 15) is 9.18 Å². The van der Waals surface area contributed by atoms with Gasteiger partial charge in [-0.2, -0.15) is 5.10 Å². The highest BCUT2D eigenvalue weighted by atomic mass is 19.1. The molecule has 0 bridgehead atoms. The summed E-state index contributed by atoms with van der Waals surface area (Å²) in [5.74, 6) is -0.544. The van der Waals surface area contributed by atoms with Gasteiger partial charge in [-0.3, -0.25) is 14.8 Å². The van der Waals surface area contributed by atoms with Crippen LogP contribution >= 0.6 is 0 Å². The van der Waals surface area contributed by atoms with Crippen molar-refractivity contribution in [3.05, 3.63) is 41.8 Å². The molecule has 1 amide bonds. The number of rotatable bonds is 4. The number of carbonyl (C=O) groups is 1. The van der Waals surface area contributed by atoms with Gasteiger partial charge in [-0.15, -0.1) is 0 Å². The first kappa shape index (κ1) is 19.1. The molecule has 1 aliphatic heterocycles. The summed E-state index contributed by atoms with van der Waals surface area (Å²) in [6.07, 6.45) is 11.5. The van der Waals surface area contributed by atoms with E-state index in [4.69, 9.17) is 0 Å². The monoisotopic (exact) mass is 384 g/mol. The number of halogens is 1.